The number of amides is 1. The Morgan fingerprint density at radius 2 is 2.09 bits per heavy atom. The molecule has 1 amide bonds. The maximum Gasteiger partial charge on any atom is 0.231 e. The first-order valence-corrected chi connectivity index (χ1v) is 7.95. The average Bonchev–Trinajstić information content (AvgIpc) is 2.97. The molecule has 1 fully saturated rings. The minimum atomic E-state index is -0.387. The first-order chi connectivity index (χ1) is 10.6. The fourth-order valence-electron chi connectivity index (χ4n) is 2.85. The van der Waals surface area contributed by atoms with E-state index < -0.39 is 0 Å². The summed E-state index contributed by atoms with van der Waals surface area (Å²) in [5.74, 6) is 0.811. The second-order valence-corrected chi connectivity index (χ2v) is 6.33. The van der Waals surface area contributed by atoms with Gasteiger partial charge in [-0.2, -0.15) is 0 Å². The van der Waals surface area contributed by atoms with Gasteiger partial charge in [-0.25, -0.2) is 0 Å². The number of anilines is 1. The van der Waals surface area contributed by atoms with E-state index in [0.29, 0.717) is 13.2 Å². The van der Waals surface area contributed by atoms with Gasteiger partial charge in [-0.1, -0.05) is 18.9 Å². The van der Waals surface area contributed by atoms with Crippen LogP contribution in [-0.4, -0.2) is 44.6 Å². The fourth-order valence-corrected chi connectivity index (χ4v) is 2.85. The Balaban J connectivity index is 1.96. The Bertz CT molecular complexity index is 496. The lowest BCUT2D eigenvalue weighted by atomic mass is 9.85. The largest absolute Gasteiger partial charge is 0.492 e. The predicted molar refractivity (Wildman–Crippen MR) is 89.1 cm³/mol. The smallest absolute Gasteiger partial charge is 0.231 e. The molecular formula is C17H27N3O2. The molecule has 0 spiro atoms. The van der Waals surface area contributed by atoms with Crippen LogP contribution in [0.5, 0.6) is 5.75 Å². The van der Waals surface area contributed by atoms with Crippen molar-refractivity contribution in [1.82, 2.24) is 4.90 Å². The van der Waals surface area contributed by atoms with Crippen molar-refractivity contribution in [3.05, 3.63) is 24.3 Å². The third-order valence-corrected chi connectivity index (χ3v) is 4.33. The first kappa shape index (κ1) is 16.8. The summed E-state index contributed by atoms with van der Waals surface area (Å²) < 4.78 is 5.70. The normalized spacial score (nSPS) is 16.7. The lowest BCUT2D eigenvalue weighted by Gasteiger charge is -2.25. The van der Waals surface area contributed by atoms with Crippen LogP contribution in [0.15, 0.2) is 24.3 Å². The Morgan fingerprint density at radius 1 is 1.36 bits per heavy atom. The molecule has 1 aliphatic carbocycles. The summed E-state index contributed by atoms with van der Waals surface area (Å²) >= 11 is 0. The topological polar surface area (TPSA) is 67.6 Å². The van der Waals surface area contributed by atoms with E-state index in [-0.39, 0.29) is 11.3 Å². The van der Waals surface area contributed by atoms with Gasteiger partial charge in [-0.05, 0) is 39.1 Å². The van der Waals surface area contributed by atoms with Crippen LogP contribution in [-0.2, 0) is 4.79 Å². The second-order valence-electron chi connectivity index (χ2n) is 6.33. The number of rotatable bonds is 7. The molecule has 5 nitrogen and oxygen atoms in total. The Morgan fingerprint density at radius 3 is 2.73 bits per heavy atom. The lowest BCUT2D eigenvalue weighted by Crippen LogP contribution is -2.40. The van der Waals surface area contributed by atoms with E-state index in [0.717, 1.165) is 43.7 Å². The van der Waals surface area contributed by atoms with E-state index >= 15 is 0 Å². The van der Waals surface area contributed by atoms with Gasteiger partial charge in [0, 0.05) is 24.8 Å². The average molecular weight is 305 g/mol. The molecule has 0 unspecified atom stereocenters. The van der Waals surface area contributed by atoms with Crippen molar-refractivity contribution >= 4 is 11.6 Å². The highest BCUT2D eigenvalue weighted by atomic mass is 16.5. The van der Waals surface area contributed by atoms with Crippen molar-refractivity contribution in [2.45, 2.75) is 25.7 Å². The molecular weight excluding hydrogens is 278 g/mol. The minimum Gasteiger partial charge on any atom is -0.492 e. The van der Waals surface area contributed by atoms with E-state index in [4.69, 9.17) is 10.5 Å². The highest BCUT2D eigenvalue weighted by Crippen LogP contribution is 2.38. The van der Waals surface area contributed by atoms with E-state index in [1.807, 2.05) is 38.4 Å². The van der Waals surface area contributed by atoms with Crippen molar-refractivity contribution in [3.8, 4) is 5.75 Å². The van der Waals surface area contributed by atoms with Crippen LogP contribution in [0.1, 0.15) is 25.7 Å². The Kier molecular flexibility index (Phi) is 5.80. The van der Waals surface area contributed by atoms with Crippen molar-refractivity contribution < 1.29 is 9.53 Å². The van der Waals surface area contributed by atoms with Gasteiger partial charge in [0.2, 0.25) is 5.91 Å². The van der Waals surface area contributed by atoms with E-state index in [9.17, 15) is 4.79 Å². The molecule has 1 aliphatic rings. The van der Waals surface area contributed by atoms with E-state index in [2.05, 4.69) is 10.2 Å². The maximum atomic E-state index is 12.5. The summed E-state index contributed by atoms with van der Waals surface area (Å²) in [4.78, 5) is 14.6. The highest BCUT2D eigenvalue weighted by molar-refractivity contribution is 5.95. The first-order valence-electron chi connectivity index (χ1n) is 7.95. The summed E-state index contributed by atoms with van der Waals surface area (Å²) in [5.41, 5.74) is 6.24. The molecule has 2 rings (SSSR count). The zero-order valence-electron chi connectivity index (χ0n) is 13.6. The Hall–Kier alpha value is -1.59. The van der Waals surface area contributed by atoms with Crippen LogP contribution >= 0.6 is 0 Å². The molecule has 0 atom stereocenters. The molecule has 0 aromatic heterocycles. The molecule has 22 heavy (non-hydrogen) atoms. The number of ether oxygens (including phenoxy) is 1. The molecule has 0 bridgehead atoms. The molecule has 1 aromatic rings. The number of benzene rings is 1. The SMILES string of the molecule is CN(C)CCOc1cccc(NC(=O)C2(CN)CCCC2)c1. The zero-order valence-corrected chi connectivity index (χ0v) is 13.6. The third kappa shape index (κ3) is 4.21. The molecule has 1 saturated carbocycles. The van der Waals surface area contributed by atoms with Gasteiger partial charge in [0.15, 0.2) is 0 Å². The molecule has 0 heterocycles. The number of carbonyl (C=O) groups is 1. The summed E-state index contributed by atoms with van der Waals surface area (Å²) in [7, 11) is 4.02. The van der Waals surface area contributed by atoms with E-state index in [1.54, 1.807) is 0 Å². The van der Waals surface area contributed by atoms with Crippen LogP contribution in [0, 0.1) is 5.41 Å². The van der Waals surface area contributed by atoms with Crippen molar-refractivity contribution in [1.29, 1.82) is 0 Å². The fraction of sp³-hybridized carbons (Fsp3) is 0.588. The van der Waals surface area contributed by atoms with E-state index in [1.165, 1.54) is 0 Å². The van der Waals surface area contributed by atoms with Crippen LogP contribution in [0.3, 0.4) is 0 Å². The van der Waals surface area contributed by atoms with Gasteiger partial charge < -0.3 is 20.7 Å². The highest BCUT2D eigenvalue weighted by Gasteiger charge is 2.39. The van der Waals surface area contributed by atoms with Crippen LogP contribution in [0.4, 0.5) is 5.69 Å². The number of nitrogens with zero attached hydrogens (tertiary/aromatic N) is 1. The van der Waals surface area contributed by atoms with Gasteiger partial charge in [-0.15, -0.1) is 0 Å². The Labute approximate surface area is 132 Å². The van der Waals surface area contributed by atoms with Gasteiger partial charge in [0.1, 0.15) is 12.4 Å². The summed E-state index contributed by atoms with van der Waals surface area (Å²) in [6.45, 7) is 1.89. The molecule has 0 saturated heterocycles. The second kappa shape index (κ2) is 7.61. The monoisotopic (exact) mass is 305 g/mol. The van der Waals surface area contributed by atoms with Crippen LogP contribution in [0.25, 0.3) is 0 Å². The van der Waals surface area contributed by atoms with Crippen LogP contribution < -0.4 is 15.8 Å². The van der Waals surface area contributed by atoms with Crippen molar-refractivity contribution in [3.63, 3.8) is 0 Å². The number of hydrogen-bond acceptors (Lipinski definition) is 4. The number of nitrogens with two attached hydrogens (primary N) is 1. The number of likely N-dealkylation sites (N-methyl/N-ethyl adjacent to an activating group) is 1. The molecule has 5 heteroatoms. The molecule has 0 radical (unpaired) electrons. The van der Waals surface area contributed by atoms with Gasteiger partial charge in [0.25, 0.3) is 0 Å². The maximum absolute atomic E-state index is 12.5. The number of carbonyl (C=O) groups excluding carboxylic acids is 1. The van der Waals surface area contributed by atoms with Gasteiger partial charge in [0.05, 0.1) is 5.41 Å². The predicted octanol–water partition coefficient (Wildman–Crippen LogP) is 2.08. The number of nitrogens with one attached hydrogen (secondary N) is 1. The van der Waals surface area contributed by atoms with Crippen molar-refractivity contribution in [2.24, 2.45) is 11.1 Å². The molecule has 1 aromatic carbocycles. The molecule has 3 N–H and O–H groups in total. The molecule has 122 valence electrons. The van der Waals surface area contributed by atoms with Crippen molar-refractivity contribution in [2.75, 3.05) is 39.1 Å². The van der Waals surface area contributed by atoms with Crippen LogP contribution in [0.2, 0.25) is 0 Å². The lowest BCUT2D eigenvalue weighted by molar-refractivity contribution is -0.124. The molecule has 0 aliphatic heterocycles. The third-order valence-electron chi connectivity index (χ3n) is 4.33. The summed E-state index contributed by atoms with van der Waals surface area (Å²) in [5, 5.41) is 3.01. The zero-order chi connectivity index (χ0) is 16.0. The standard InChI is InChI=1S/C17H27N3O2/c1-20(2)10-11-22-15-7-5-6-14(12-15)19-16(21)17(13-18)8-3-4-9-17/h5-7,12H,3-4,8-11,13,18H2,1-2H3,(H,19,21). The van der Waals surface area contributed by atoms with Gasteiger partial charge >= 0.3 is 0 Å². The quantitative estimate of drug-likeness (QED) is 0.809. The minimum absolute atomic E-state index is 0.0398. The summed E-state index contributed by atoms with van der Waals surface area (Å²) in [6.07, 6.45) is 3.93. The number of hydrogen-bond donors (Lipinski definition) is 2. The van der Waals surface area contributed by atoms with Gasteiger partial charge in [-0.3, -0.25) is 4.79 Å². The summed E-state index contributed by atoms with van der Waals surface area (Å²) in [6, 6.07) is 7.55.